The lowest BCUT2D eigenvalue weighted by atomic mass is 9.97. The fourth-order valence-corrected chi connectivity index (χ4v) is 4.76. The Morgan fingerprint density at radius 1 is 1.06 bits per heavy atom. The summed E-state index contributed by atoms with van der Waals surface area (Å²) in [6.45, 7) is 13.1. The summed E-state index contributed by atoms with van der Waals surface area (Å²) in [4.78, 5) is 28.8. The molecule has 1 amide bonds. The number of carbonyl (C=O) groups excluding carboxylic acids is 1. The van der Waals surface area contributed by atoms with Gasteiger partial charge >= 0.3 is 0 Å². The molecule has 3 aromatic rings. The van der Waals surface area contributed by atoms with Crippen LogP contribution in [0.4, 0.5) is 0 Å². The van der Waals surface area contributed by atoms with Crippen molar-refractivity contribution in [2.75, 3.05) is 19.8 Å². The fraction of sp³-hybridized carbons (Fsp3) is 0.379. The van der Waals surface area contributed by atoms with Crippen LogP contribution >= 0.6 is 0 Å². The van der Waals surface area contributed by atoms with Crippen molar-refractivity contribution in [3.05, 3.63) is 81.2 Å². The zero-order valence-corrected chi connectivity index (χ0v) is 21.0. The van der Waals surface area contributed by atoms with Crippen LogP contribution in [0.5, 0.6) is 11.5 Å². The Morgan fingerprint density at radius 3 is 2.57 bits per heavy atom. The van der Waals surface area contributed by atoms with Crippen molar-refractivity contribution in [3.8, 4) is 11.5 Å². The minimum atomic E-state index is -0.606. The predicted octanol–water partition coefficient (Wildman–Crippen LogP) is 6.11. The number of hydrogen-bond acceptors (Lipinski definition) is 5. The molecule has 2 aromatic carbocycles. The van der Waals surface area contributed by atoms with Crippen LogP contribution in [0, 0.1) is 13.8 Å². The van der Waals surface area contributed by atoms with Crippen LogP contribution in [0.3, 0.4) is 0 Å². The van der Waals surface area contributed by atoms with E-state index < -0.39 is 6.04 Å². The van der Waals surface area contributed by atoms with Crippen LogP contribution in [0.25, 0.3) is 11.0 Å². The Balaban J connectivity index is 1.85. The predicted molar refractivity (Wildman–Crippen MR) is 138 cm³/mol. The maximum Gasteiger partial charge on any atom is 0.291 e. The van der Waals surface area contributed by atoms with Crippen LogP contribution in [-0.4, -0.2) is 30.6 Å². The molecule has 0 N–H and O–H groups in total. The highest BCUT2D eigenvalue weighted by Crippen LogP contribution is 2.41. The second-order valence-electron chi connectivity index (χ2n) is 8.98. The van der Waals surface area contributed by atoms with E-state index >= 15 is 0 Å². The Morgan fingerprint density at radius 2 is 1.86 bits per heavy atom. The van der Waals surface area contributed by atoms with Gasteiger partial charge in [0.25, 0.3) is 5.91 Å². The second kappa shape index (κ2) is 10.4. The topological polar surface area (TPSA) is 69.0 Å². The van der Waals surface area contributed by atoms with Crippen LogP contribution < -0.4 is 14.9 Å². The van der Waals surface area contributed by atoms with E-state index in [1.165, 1.54) is 0 Å². The maximum atomic E-state index is 13.8. The molecule has 0 aliphatic carbocycles. The lowest BCUT2D eigenvalue weighted by Crippen LogP contribution is -2.29. The van der Waals surface area contributed by atoms with Crippen molar-refractivity contribution in [3.63, 3.8) is 0 Å². The lowest BCUT2D eigenvalue weighted by molar-refractivity contribution is 0.0748. The van der Waals surface area contributed by atoms with E-state index in [1.54, 1.807) is 11.0 Å². The van der Waals surface area contributed by atoms with E-state index in [0.717, 1.165) is 36.0 Å². The van der Waals surface area contributed by atoms with E-state index in [4.69, 9.17) is 13.9 Å². The molecule has 0 saturated carbocycles. The van der Waals surface area contributed by atoms with Crippen molar-refractivity contribution < 1.29 is 18.7 Å². The first-order valence-corrected chi connectivity index (χ1v) is 12.3. The Kier molecular flexibility index (Phi) is 7.29. The Hall–Kier alpha value is -3.54. The zero-order valence-electron chi connectivity index (χ0n) is 21.0. The number of unbranched alkanes of at least 4 members (excludes halogenated alkanes) is 2. The lowest BCUT2D eigenvalue weighted by Gasteiger charge is -2.24. The minimum absolute atomic E-state index is 0.0964. The first-order chi connectivity index (χ1) is 16.9. The zero-order chi connectivity index (χ0) is 25.1. The number of nitrogens with zero attached hydrogens (tertiary/aromatic N) is 1. The van der Waals surface area contributed by atoms with Gasteiger partial charge in [-0.05, 0) is 62.1 Å². The Labute approximate surface area is 206 Å². The summed E-state index contributed by atoms with van der Waals surface area (Å²) < 4.78 is 18.0. The first-order valence-electron chi connectivity index (χ1n) is 12.3. The van der Waals surface area contributed by atoms with E-state index in [9.17, 15) is 9.59 Å². The molecule has 0 bridgehead atoms. The first kappa shape index (κ1) is 24.6. The van der Waals surface area contributed by atoms with E-state index in [-0.39, 0.29) is 23.6 Å². The number of rotatable bonds is 10. The number of fused-ring (bicyclic) bond motifs is 2. The molecule has 0 radical (unpaired) electrons. The molecule has 0 spiro atoms. The highest BCUT2D eigenvalue weighted by Gasteiger charge is 2.42. The summed E-state index contributed by atoms with van der Waals surface area (Å²) in [5, 5.41) is 0.486. The molecular formula is C29H33NO5. The quantitative estimate of drug-likeness (QED) is 0.261. The average Bonchev–Trinajstić information content (AvgIpc) is 3.11. The molecule has 1 atom stereocenters. The van der Waals surface area contributed by atoms with Crippen LogP contribution in [0.2, 0.25) is 0 Å². The van der Waals surface area contributed by atoms with E-state index in [1.807, 2.05) is 51.1 Å². The number of hydrogen-bond donors (Lipinski definition) is 0. The van der Waals surface area contributed by atoms with Gasteiger partial charge in [0, 0.05) is 6.54 Å². The van der Waals surface area contributed by atoms with Gasteiger partial charge in [0.15, 0.2) is 16.9 Å². The summed E-state index contributed by atoms with van der Waals surface area (Å²) >= 11 is 0. The van der Waals surface area contributed by atoms with Gasteiger partial charge < -0.3 is 18.8 Å². The third kappa shape index (κ3) is 4.57. The Bertz CT molecular complexity index is 1320. The SMILES string of the molecule is C=CCN1C(=O)c2oc3c(C)cc(C)cc3c(=O)c2C1c1ccc(OCCCCC)c(OCC)c1. The highest BCUT2D eigenvalue weighted by atomic mass is 16.5. The summed E-state index contributed by atoms with van der Waals surface area (Å²) in [5.41, 5.74) is 3.19. The molecule has 1 aliphatic heterocycles. The van der Waals surface area contributed by atoms with Crippen molar-refractivity contribution in [1.82, 2.24) is 4.90 Å². The van der Waals surface area contributed by atoms with Gasteiger partial charge in [0.05, 0.1) is 30.2 Å². The summed E-state index contributed by atoms with van der Waals surface area (Å²) in [6.07, 6.45) is 4.84. The van der Waals surface area contributed by atoms with Gasteiger partial charge in [-0.2, -0.15) is 0 Å². The van der Waals surface area contributed by atoms with Gasteiger partial charge in [0.2, 0.25) is 5.76 Å². The van der Waals surface area contributed by atoms with Crippen LogP contribution in [0.15, 0.2) is 52.2 Å². The molecule has 0 fully saturated rings. The monoisotopic (exact) mass is 475 g/mol. The molecule has 35 heavy (non-hydrogen) atoms. The van der Waals surface area contributed by atoms with Gasteiger partial charge in [-0.25, -0.2) is 0 Å². The van der Waals surface area contributed by atoms with Crippen LogP contribution in [0.1, 0.15) is 72.0 Å². The molecule has 0 saturated heterocycles. The van der Waals surface area contributed by atoms with E-state index in [2.05, 4.69) is 13.5 Å². The highest BCUT2D eigenvalue weighted by molar-refractivity contribution is 5.99. The van der Waals surface area contributed by atoms with Gasteiger partial charge in [-0.3, -0.25) is 9.59 Å². The third-order valence-corrected chi connectivity index (χ3v) is 6.31. The van der Waals surface area contributed by atoms with Gasteiger partial charge in [-0.1, -0.05) is 38.0 Å². The third-order valence-electron chi connectivity index (χ3n) is 6.31. The number of aryl methyl sites for hydroxylation is 2. The van der Waals surface area contributed by atoms with Crippen molar-refractivity contribution in [1.29, 1.82) is 0 Å². The minimum Gasteiger partial charge on any atom is -0.490 e. The molecule has 4 rings (SSSR count). The fourth-order valence-electron chi connectivity index (χ4n) is 4.76. The molecule has 184 valence electrons. The molecule has 6 heteroatoms. The number of carbonyl (C=O) groups is 1. The van der Waals surface area contributed by atoms with Gasteiger partial charge in [-0.15, -0.1) is 6.58 Å². The molecule has 6 nitrogen and oxygen atoms in total. The molecule has 1 unspecified atom stereocenters. The second-order valence-corrected chi connectivity index (χ2v) is 8.98. The normalized spacial score (nSPS) is 14.9. The van der Waals surface area contributed by atoms with Crippen molar-refractivity contribution in [2.45, 2.75) is 53.0 Å². The number of benzene rings is 2. The van der Waals surface area contributed by atoms with Crippen molar-refractivity contribution in [2.24, 2.45) is 0 Å². The van der Waals surface area contributed by atoms with Gasteiger partial charge in [0.1, 0.15) is 5.58 Å². The summed E-state index contributed by atoms with van der Waals surface area (Å²) in [5.74, 6) is 1.03. The standard InChI is InChI=1S/C29H33NO5/c1-6-9-10-14-34-22-12-11-20(17-23(22)33-8-3)25-24-26(31)21-16-18(4)15-19(5)27(21)35-28(24)29(32)30(25)13-7-2/h7,11-12,15-17,25H,2,6,8-10,13-14H2,1,3-5H3. The van der Waals surface area contributed by atoms with Crippen LogP contribution in [-0.2, 0) is 0 Å². The smallest absolute Gasteiger partial charge is 0.291 e. The molecular weight excluding hydrogens is 442 g/mol. The summed E-state index contributed by atoms with van der Waals surface area (Å²) in [7, 11) is 0. The summed E-state index contributed by atoms with van der Waals surface area (Å²) in [6, 6.07) is 8.79. The largest absolute Gasteiger partial charge is 0.490 e. The number of amides is 1. The molecule has 1 aromatic heterocycles. The van der Waals surface area contributed by atoms with E-state index in [0.29, 0.717) is 41.2 Å². The maximum absolute atomic E-state index is 13.8. The number of ether oxygens (including phenoxy) is 2. The molecule has 2 heterocycles. The molecule has 1 aliphatic rings. The average molecular weight is 476 g/mol. The van der Waals surface area contributed by atoms with Crippen molar-refractivity contribution >= 4 is 16.9 Å².